The van der Waals surface area contributed by atoms with Crippen LogP contribution in [0.15, 0.2) is 66.7 Å². The van der Waals surface area contributed by atoms with Gasteiger partial charge in [0.15, 0.2) is 0 Å². The minimum absolute atomic E-state index is 0.138. The van der Waals surface area contributed by atoms with Gasteiger partial charge in [-0.3, -0.25) is 9.59 Å². The van der Waals surface area contributed by atoms with Gasteiger partial charge in [0, 0.05) is 24.9 Å². The fourth-order valence-corrected chi connectivity index (χ4v) is 7.18. The van der Waals surface area contributed by atoms with E-state index in [1.807, 2.05) is 24.3 Å². The molecule has 0 spiro atoms. The molecular formula is C30H26N2O4. The molecule has 2 aliphatic heterocycles. The van der Waals surface area contributed by atoms with Gasteiger partial charge in [0.1, 0.15) is 0 Å². The molecule has 0 unspecified atom stereocenters. The Labute approximate surface area is 209 Å². The van der Waals surface area contributed by atoms with Gasteiger partial charge >= 0.3 is 5.97 Å². The van der Waals surface area contributed by atoms with Crippen LogP contribution in [0.5, 0.6) is 0 Å². The van der Waals surface area contributed by atoms with Crippen LogP contribution in [0.2, 0.25) is 0 Å². The number of anilines is 2. The van der Waals surface area contributed by atoms with Crippen LogP contribution >= 0.6 is 0 Å². The molecule has 36 heavy (non-hydrogen) atoms. The predicted molar refractivity (Wildman–Crippen MR) is 136 cm³/mol. The zero-order valence-electron chi connectivity index (χ0n) is 19.8. The lowest BCUT2D eigenvalue weighted by Gasteiger charge is -2.45. The average molecular weight is 479 g/mol. The fourth-order valence-electron chi connectivity index (χ4n) is 7.18. The number of aromatic carboxylic acids is 1. The summed E-state index contributed by atoms with van der Waals surface area (Å²) in [5.41, 5.74) is 5.63. The van der Waals surface area contributed by atoms with Crippen LogP contribution in [0.1, 0.15) is 63.7 Å². The standard InChI is InChI=1S/C30H26N2O4/c33-28-26-24-18-8-2-3-9-19(18)25(21-11-5-4-10-20(21)24)27(26)29(34)32(28)17-12-13-23(22(16-17)30(35)36)31-14-6-1-7-15-31/h2-5,8-13,16,24-27H,1,6-7,14-15H2,(H,35,36)/t24?,25?,26-,27-/m0/s1. The van der Waals surface area contributed by atoms with E-state index in [2.05, 4.69) is 29.2 Å². The van der Waals surface area contributed by atoms with Crippen molar-refractivity contribution in [3.63, 3.8) is 0 Å². The van der Waals surface area contributed by atoms with E-state index in [1.54, 1.807) is 12.1 Å². The summed E-state index contributed by atoms with van der Waals surface area (Å²) in [4.78, 5) is 43.6. The maximum Gasteiger partial charge on any atom is 0.337 e. The molecular weight excluding hydrogens is 452 g/mol. The Hall–Kier alpha value is -3.93. The summed E-state index contributed by atoms with van der Waals surface area (Å²) in [6, 6.07) is 21.3. The molecule has 0 radical (unpaired) electrons. The highest BCUT2D eigenvalue weighted by molar-refractivity contribution is 6.23. The third kappa shape index (κ3) is 2.81. The Kier molecular flexibility index (Phi) is 4.62. The molecule has 2 atom stereocenters. The van der Waals surface area contributed by atoms with Crippen LogP contribution in [0.25, 0.3) is 0 Å². The molecule has 180 valence electrons. The largest absolute Gasteiger partial charge is 0.478 e. The molecule has 2 saturated heterocycles. The van der Waals surface area contributed by atoms with Gasteiger partial charge in [-0.25, -0.2) is 9.69 Å². The number of amides is 2. The van der Waals surface area contributed by atoms with Gasteiger partial charge < -0.3 is 10.0 Å². The summed E-state index contributed by atoms with van der Waals surface area (Å²) in [6.07, 6.45) is 3.19. The van der Waals surface area contributed by atoms with Crippen LogP contribution in [0.4, 0.5) is 11.4 Å². The normalized spacial score (nSPS) is 26.0. The highest BCUT2D eigenvalue weighted by Crippen LogP contribution is 2.61. The van der Waals surface area contributed by atoms with Crippen LogP contribution in [-0.2, 0) is 9.59 Å². The lowest BCUT2D eigenvalue weighted by molar-refractivity contribution is -0.122. The average Bonchev–Trinajstić information content (AvgIpc) is 3.19. The fraction of sp³-hybridized carbons (Fsp3) is 0.300. The van der Waals surface area contributed by atoms with E-state index in [4.69, 9.17) is 0 Å². The molecule has 5 aliphatic rings. The zero-order valence-corrected chi connectivity index (χ0v) is 19.8. The maximum absolute atomic E-state index is 14.0. The van der Waals surface area contributed by atoms with Crippen LogP contribution in [0, 0.1) is 11.8 Å². The first kappa shape index (κ1) is 21.4. The smallest absolute Gasteiger partial charge is 0.337 e. The van der Waals surface area contributed by atoms with Gasteiger partial charge in [-0.2, -0.15) is 0 Å². The van der Waals surface area contributed by atoms with Gasteiger partial charge in [0.25, 0.3) is 0 Å². The van der Waals surface area contributed by atoms with E-state index in [1.165, 1.54) is 11.0 Å². The van der Waals surface area contributed by atoms with Crippen molar-refractivity contribution in [1.82, 2.24) is 0 Å². The number of carbonyl (C=O) groups is 3. The van der Waals surface area contributed by atoms with E-state index in [0.717, 1.165) is 54.6 Å². The van der Waals surface area contributed by atoms with E-state index in [-0.39, 0.29) is 29.2 Å². The van der Waals surface area contributed by atoms with Gasteiger partial charge in [0.2, 0.25) is 11.8 Å². The molecule has 3 aromatic carbocycles. The Balaban J connectivity index is 1.33. The van der Waals surface area contributed by atoms with Gasteiger partial charge in [0.05, 0.1) is 28.8 Å². The van der Waals surface area contributed by atoms with Crippen LogP contribution in [-0.4, -0.2) is 36.0 Å². The highest BCUT2D eigenvalue weighted by Gasteiger charge is 2.61. The maximum atomic E-state index is 14.0. The van der Waals surface area contributed by atoms with Crippen molar-refractivity contribution < 1.29 is 19.5 Å². The summed E-state index contributed by atoms with van der Waals surface area (Å²) < 4.78 is 0. The molecule has 6 heteroatoms. The van der Waals surface area contributed by atoms with Crippen molar-refractivity contribution in [3.8, 4) is 0 Å². The second-order valence-electron chi connectivity index (χ2n) is 10.3. The minimum Gasteiger partial charge on any atom is -0.478 e. The molecule has 0 aromatic heterocycles. The summed E-state index contributed by atoms with van der Waals surface area (Å²) >= 11 is 0. The van der Waals surface area contributed by atoms with Crippen LogP contribution < -0.4 is 9.80 Å². The van der Waals surface area contributed by atoms with E-state index in [0.29, 0.717) is 11.4 Å². The van der Waals surface area contributed by atoms with E-state index >= 15 is 0 Å². The van der Waals surface area contributed by atoms with Crippen molar-refractivity contribution in [3.05, 3.63) is 94.5 Å². The van der Waals surface area contributed by atoms with Crippen molar-refractivity contribution in [2.45, 2.75) is 31.1 Å². The SMILES string of the molecule is O=C(O)c1cc(N2C(=O)[C@H]3C4c5ccccc5C(c5ccccc54)[C@@H]3C2=O)ccc1N1CCCCC1. The second kappa shape index (κ2) is 7.79. The van der Waals surface area contributed by atoms with Crippen LogP contribution in [0.3, 0.4) is 0 Å². The second-order valence-corrected chi connectivity index (χ2v) is 10.3. The summed E-state index contributed by atoms with van der Waals surface area (Å²) in [5, 5.41) is 10.0. The number of hydrogen-bond donors (Lipinski definition) is 1. The third-order valence-electron chi connectivity index (χ3n) is 8.61. The molecule has 2 bridgehead atoms. The number of piperidine rings is 1. The zero-order chi connectivity index (χ0) is 24.6. The van der Waals surface area contributed by atoms with Crippen molar-refractivity contribution >= 4 is 29.2 Å². The lowest BCUT2D eigenvalue weighted by atomic mass is 9.55. The Morgan fingerprint density at radius 2 is 1.22 bits per heavy atom. The lowest BCUT2D eigenvalue weighted by Crippen LogP contribution is -2.41. The minimum atomic E-state index is -1.05. The van der Waals surface area contributed by atoms with E-state index in [9.17, 15) is 19.5 Å². The Bertz CT molecular complexity index is 1320. The summed E-state index contributed by atoms with van der Waals surface area (Å²) in [6.45, 7) is 1.62. The monoisotopic (exact) mass is 478 g/mol. The van der Waals surface area contributed by atoms with Crippen molar-refractivity contribution in [1.29, 1.82) is 0 Å². The number of benzene rings is 3. The first-order valence-electron chi connectivity index (χ1n) is 12.7. The quantitative estimate of drug-likeness (QED) is 0.549. The Morgan fingerprint density at radius 1 is 0.722 bits per heavy atom. The molecule has 8 rings (SSSR count). The molecule has 0 saturated carbocycles. The van der Waals surface area contributed by atoms with Gasteiger partial charge in [-0.1, -0.05) is 48.5 Å². The molecule has 3 aromatic rings. The van der Waals surface area contributed by atoms with Gasteiger partial charge in [-0.05, 0) is 59.7 Å². The molecule has 2 fully saturated rings. The number of carboxylic acid groups (broad SMARTS) is 1. The number of nitrogens with zero attached hydrogens (tertiary/aromatic N) is 2. The first-order chi connectivity index (χ1) is 17.6. The molecule has 2 heterocycles. The number of rotatable bonds is 3. The summed E-state index contributed by atoms with van der Waals surface area (Å²) in [5.74, 6) is -2.84. The van der Waals surface area contributed by atoms with Gasteiger partial charge in [-0.15, -0.1) is 0 Å². The Morgan fingerprint density at radius 3 is 1.69 bits per heavy atom. The number of hydrogen-bond acceptors (Lipinski definition) is 4. The number of imide groups is 1. The number of carboxylic acids is 1. The third-order valence-corrected chi connectivity index (χ3v) is 8.61. The van der Waals surface area contributed by atoms with E-state index < -0.39 is 17.8 Å². The van der Waals surface area contributed by atoms with Crippen molar-refractivity contribution in [2.24, 2.45) is 11.8 Å². The molecule has 6 nitrogen and oxygen atoms in total. The number of carbonyl (C=O) groups excluding carboxylic acids is 2. The first-order valence-corrected chi connectivity index (χ1v) is 12.7. The highest BCUT2D eigenvalue weighted by atomic mass is 16.4. The molecule has 1 N–H and O–H groups in total. The summed E-state index contributed by atoms with van der Waals surface area (Å²) in [7, 11) is 0. The molecule has 2 amide bonds. The topological polar surface area (TPSA) is 77.9 Å². The predicted octanol–water partition coefficient (Wildman–Crippen LogP) is 4.77. The van der Waals surface area contributed by atoms with Crippen molar-refractivity contribution in [2.75, 3.05) is 22.9 Å². The molecule has 3 aliphatic carbocycles.